The largest absolute Gasteiger partial charge is 0.434 e. The number of ether oxygens (including phenoxy) is 1. The molecular weight excluding hydrogens is 270 g/mol. The summed E-state index contributed by atoms with van der Waals surface area (Å²) in [5.74, 6) is 0.208. The van der Waals surface area contributed by atoms with Gasteiger partial charge in [0.05, 0.1) is 10.7 Å². The molecule has 6 heteroatoms. The Morgan fingerprint density at radius 1 is 1.32 bits per heavy atom. The van der Waals surface area contributed by atoms with Crippen LogP contribution in [0.15, 0.2) is 29.6 Å². The van der Waals surface area contributed by atoms with Crippen LogP contribution in [0.2, 0.25) is 0 Å². The van der Waals surface area contributed by atoms with E-state index in [-0.39, 0.29) is 5.75 Å². The minimum absolute atomic E-state index is 0.208. The van der Waals surface area contributed by atoms with Gasteiger partial charge in [-0.1, -0.05) is 18.2 Å². The van der Waals surface area contributed by atoms with Gasteiger partial charge in [-0.15, -0.1) is 11.3 Å². The molecule has 0 amide bonds. The molecule has 0 bridgehead atoms. The molecule has 0 atom stereocenters. The summed E-state index contributed by atoms with van der Waals surface area (Å²) < 4.78 is 28.9. The molecule has 2 rings (SSSR count). The van der Waals surface area contributed by atoms with Crippen LogP contribution < -0.4 is 10.1 Å². The monoisotopic (exact) mass is 284 g/mol. The Hall–Kier alpha value is -1.53. The zero-order chi connectivity index (χ0) is 13.7. The molecule has 1 aromatic carbocycles. The summed E-state index contributed by atoms with van der Waals surface area (Å²) in [6.07, 6.45) is 0. The average molecular weight is 284 g/mol. The van der Waals surface area contributed by atoms with Crippen LogP contribution in [-0.4, -0.2) is 11.6 Å². The fourth-order valence-corrected chi connectivity index (χ4v) is 2.29. The third kappa shape index (κ3) is 4.25. The normalized spacial score (nSPS) is 10.9. The molecule has 0 saturated heterocycles. The lowest BCUT2D eigenvalue weighted by Crippen LogP contribution is -2.14. The summed E-state index contributed by atoms with van der Waals surface area (Å²) in [7, 11) is 0. The van der Waals surface area contributed by atoms with E-state index >= 15 is 0 Å². The van der Waals surface area contributed by atoms with Crippen molar-refractivity contribution in [2.24, 2.45) is 0 Å². The molecular formula is C13H14F2N2OS. The number of nitrogens with one attached hydrogen (secondary N) is 1. The third-order valence-electron chi connectivity index (χ3n) is 2.48. The lowest BCUT2D eigenvalue weighted by Gasteiger charge is -2.10. The molecule has 1 N–H and O–H groups in total. The van der Waals surface area contributed by atoms with Crippen molar-refractivity contribution in [1.82, 2.24) is 10.3 Å². The summed E-state index contributed by atoms with van der Waals surface area (Å²) in [6.45, 7) is 0.203. The highest BCUT2D eigenvalue weighted by molar-refractivity contribution is 7.09. The molecule has 0 aliphatic rings. The van der Waals surface area contributed by atoms with E-state index < -0.39 is 6.61 Å². The van der Waals surface area contributed by atoms with Crippen LogP contribution in [-0.2, 0) is 13.1 Å². The summed E-state index contributed by atoms with van der Waals surface area (Å²) in [6, 6.07) is 6.76. The molecule has 0 fully saturated rings. The fourth-order valence-electron chi connectivity index (χ4n) is 1.68. The summed E-state index contributed by atoms with van der Waals surface area (Å²) in [5, 5.41) is 6.15. The predicted octanol–water partition coefficient (Wildman–Crippen LogP) is 3.34. The van der Waals surface area contributed by atoms with Gasteiger partial charge in [-0.25, -0.2) is 4.98 Å². The van der Waals surface area contributed by atoms with Gasteiger partial charge in [0.1, 0.15) is 5.75 Å². The minimum atomic E-state index is -2.80. The SMILES string of the molecule is Cc1nc(CNCc2ccccc2OC(F)F)cs1. The number of thiazole rings is 1. The summed E-state index contributed by atoms with van der Waals surface area (Å²) >= 11 is 1.59. The topological polar surface area (TPSA) is 34.2 Å². The summed E-state index contributed by atoms with van der Waals surface area (Å²) in [5.41, 5.74) is 1.66. The number of rotatable bonds is 6. The van der Waals surface area contributed by atoms with Crippen molar-refractivity contribution < 1.29 is 13.5 Å². The van der Waals surface area contributed by atoms with E-state index in [2.05, 4.69) is 15.0 Å². The second-order valence-electron chi connectivity index (χ2n) is 3.95. The Labute approximate surface area is 114 Å². The van der Waals surface area contributed by atoms with Crippen LogP contribution in [0.25, 0.3) is 0 Å². The van der Waals surface area contributed by atoms with Gasteiger partial charge in [-0.3, -0.25) is 0 Å². The Kier molecular flexibility index (Phi) is 4.81. The molecule has 1 heterocycles. The molecule has 2 aromatic rings. The van der Waals surface area contributed by atoms with Crippen LogP contribution >= 0.6 is 11.3 Å². The Morgan fingerprint density at radius 3 is 2.79 bits per heavy atom. The smallest absolute Gasteiger partial charge is 0.387 e. The molecule has 0 aliphatic heterocycles. The molecule has 0 spiro atoms. The number of aryl methyl sites for hydroxylation is 1. The van der Waals surface area contributed by atoms with Gasteiger partial charge in [0.25, 0.3) is 0 Å². The Bertz CT molecular complexity index is 531. The Balaban J connectivity index is 1.92. The standard InChI is InChI=1S/C13H14F2N2OS/c1-9-17-11(8-19-9)7-16-6-10-4-2-3-5-12(10)18-13(14)15/h2-5,8,13,16H,6-7H2,1H3. The van der Waals surface area contributed by atoms with Crippen molar-refractivity contribution in [3.63, 3.8) is 0 Å². The van der Waals surface area contributed by atoms with Gasteiger partial charge in [-0.05, 0) is 13.0 Å². The van der Waals surface area contributed by atoms with Crippen LogP contribution in [0.1, 0.15) is 16.3 Å². The van der Waals surface area contributed by atoms with Crippen molar-refractivity contribution >= 4 is 11.3 Å². The van der Waals surface area contributed by atoms with Gasteiger partial charge in [-0.2, -0.15) is 8.78 Å². The number of aromatic nitrogens is 1. The maximum atomic E-state index is 12.2. The maximum Gasteiger partial charge on any atom is 0.387 e. The molecule has 0 radical (unpaired) electrons. The lowest BCUT2D eigenvalue weighted by molar-refractivity contribution is -0.0505. The minimum Gasteiger partial charge on any atom is -0.434 e. The van der Waals surface area contributed by atoms with Crippen LogP contribution in [0.4, 0.5) is 8.78 Å². The molecule has 0 unspecified atom stereocenters. The third-order valence-corrected chi connectivity index (χ3v) is 3.30. The highest BCUT2D eigenvalue weighted by Crippen LogP contribution is 2.20. The first-order chi connectivity index (χ1) is 9.15. The number of hydrogen-bond donors (Lipinski definition) is 1. The van der Waals surface area contributed by atoms with Crippen LogP contribution in [0.5, 0.6) is 5.75 Å². The molecule has 102 valence electrons. The van der Waals surface area contributed by atoms with Crippen molar-refractivity contribution in [2.45, 2.75) is 26.6 Å². The van der Waals surface area contributed by atoms with E-state index in [1.165, 1.54) is 6.07 Å². The van der Waals surface area contributed by atoms with E-state index in [1.54, 1.807) is 29.5 Å². The van der Waals surface area contributed by atoms with Crippen LogP contribution in [0, 0.1) is 6.92 Å². The number of benzene rings is 1. The number of nitrogens with zero attached hydrogens (tertiary/aromatic N) is 1. The fraction of sp³-hybridized carbons (Fsp3) is 0.308. The van der Waals surface area contributed by atoms with E-state index in [0.717, 1.165) is 10.7 Å². The van der Waals surface area contributed by atoms with Gasteiger partial charge in [0.15, 0.2) is 0 Å². The van der Waals surface area contributed by atoms with Gasteiger partial charge in [0, 0.05) is 24.0 Å². The highest BCUT2D eigenvalue weighted by Gasteiger charge is 2.08. The average Bonchev–Trinajstić information content (AvgIpc) is 2.77. The van der Waals surface area contributed by atoms with E-state index in [1.807, 2.05) is 12.3 Å². The zero-order valence-corrected chi connectivity index (χ0v) is 11.2. The Morgan fingerprint density at radius 2 is 2.11 bits per heavy atom. The molecule has 1 aromatic heterocycles. The quantitative estimate of drug-likeness (QED) is 0.883. The second-order valence-corrected chi connectivity index (χ2v) is 5.01. The first kappa shape index (κ1) is 13.9. The maximum absolute atomic E-state index is 12.2. The summed E-state index contributed by atoms with van der Waals surface area (Å²) in [4.78, 5) is 4.32. The first-order valence-corrected chi connectivity index (χ1v) is 6.67. The van der Waals surface area contributed by atoms with Gasteiger partial charge >= 0.3 is 6.61 Å². The number of hydrogen-bond acceptors (Lipinski definition) is 4. The van der Waals surface area contributed by atoms with Gasteiger partial charge in [0.2, 0.25) is 0 Å². The number of alkyl halides is 2. The molecule has 19 heavy (non-hydrogen) atoms. The molecule has 3 nitrogen and oxygen atoms in total. The predicted molar refractivity (Wildman–Crippen MR) is 70.5 cm³/mol. The van der Waals surface area contributed by atoms with Crippen molar-refractivity contribution in [3.05, 3.63) is 45.9 Å². The van der Waals surface area contributed by atoms with Crippen LogP contribution in [0.3, 0.4) is 0 Å². The number of para-hydroxylation sites is 1. The molecule has 0 saturated carbocycles. The van der Waals surface area contributed by atoms with Crippen molar-refractivity contribution in [2.75, 3.05) is 0 Å². The first-order valence-electron chi connectivity index (χ1n) is 5.79. The van der Waals surface area contributed by atoms with E-state index in [0.29, 0.717) is 18.7 Å². The van der Waals surface area contributed by atoms with E-state index in [9.17, 15) is 8.78 Å². The highest BCUT2D eigenvalue weighted by atomic mass is 32.1. The van der Waals surface area contributed by atoms with E-state index in [4.69, 9.17) is 0 Å². The van der Waals surface area contributed by atoms with Crippen molar-refractivity contribution in [3.8, 4) is 5.75 Å². The number of halogens is 2. The molecule has 0 aliphatic carbocycles. The lowest BCUT2D eigenvalue weighted by atomic mass is 10.2. The second kappa shape index (κ2) is 6.58. The van der Waals surface area contributed by atoms with Gasteiger partial charge < -0.3 is 10.1 Å². The zero-order valence-electron chi connectivity index (χ0n) is 10.4. The van der Waals surface area contributed by atoms with Crippen molar-refractivity contribution in [1.29, 1.82) is 0 Å².